The molecule has 2 amide bonds. The molecule has 146 valence electrons. The van der Waals surface area contributed by atoms with E-state index in [1.54, 1.807) is 48.5 Å². The maximum absolute atomic E-state index is 12.2. The molecule has 0 unspecified atom stereocenters. The number of Topliss-reactive ketones (excluding diaryl/α,β-unsaturated/α-hetero) is 1. The minimum Gasteiger partial charge on any atom is -0.451 e. The lowest BCUT2D eigenvalue weighted by atomic mass is 10.1. The Morgan fingerprint density at radius 2 is 1.54 bits per heavy atom. The summed E-state index contributed by atoms with van der Waals surface area (Å²) in [5.41, 5.74) is 1.30. The number of carbonyl (C=O) groups is 4. The molecule has 0 aromatic heterocycles. The van der Waals surface area contributed by atoms with Crippen LogP contribution in [0.25, 0.3) is 0 Å². The molecule has 2 aromatic rings. The maximum Gasteiger partial charge on any atom is 0.329 e. The topological polar surface area (TPSA) is 102 Å². The van der Waals surface area contributed by atoms with Gasteiger partial charge in [-0.05, 0) is 45.0 Å². The van der Waals surface area contributed by atoms with Gasteiger partial charge in [-0.3, -0.25) is 14.4 Å². The normalized spacial score (nSPS) is 12.4. The van der Waals surface area contributed by atoms with E-state index < -0.39 is 29.9 Å². The molecule has 2 rings (SSSR count). The van der Waals surface area contributed by atoms with E-state index in [2.05, 4.69) is 10.6 Å². The van der Waals surface area contributed by atoms with Gasteiger partial charge in [0.05, 0.1) is 0 Å². The highest BCUT2D eigenvalue weighted by Crippen LogP contribution is 2.12. The molecule has 0 radical (unpaired) electrons. The summed E-state index contributed by atoms with van der Waals surface area (Å²) in [6, 6.07) is 14.0. The molecule has 0 aliphatic heterocycles. The highest BCUT2D eigenvalue weighted by atomic mass is 16.5. The van der Waals surface area contributed by atoms with Gasteiger partial charge >= 0.3 is 5.97 Å². The molecule has 7 nitrogen and oxygen atoms in total. The second kappa shape index (κ2) is 9.45. The van der Waals surface area contributed by atoms with E-state index in [0.717, 1.165) is 0 Å². The maximum atomic E-state index is 12.2. The SMILES string of the molecule is CC(=O)c1cccc(NC(=O)[C@H](C)OC(=O)[C@H](C)NC(=O)c2ccccc2)c1. The van der Waals surface area contributed by atoms with Crippen molar-refractivity contribution in [2.75, 3.05) is 5.32 Å². The Balaban J connectivity index is 1.90. The van der Waals surface area contributed by atoms with Crippen LogP contribution in [0.4, 0.5) is 5.69 Å². The smallest absolute Gasteiger partial charge is 0.329 e. The molecular weight excluding hydrogens is 360 g/mol. The minimum absolute atomic E-state index is 0.126. The van der Waals surface area contributed by atoms with Gasteiger partial charge in [-0.1, -0.05) is 30.3 Å². The monoisotopic (exact) mass is 382 g/mol. The van der Waals surface area contributed by atoms with E-state index >= 15 is 0 Å². The van der Waals surface area contributed by atoms with Gasteiger partial charge in [-0.25, -0.2) is 4.79 Å². The first-order valence-electron chi connectivity index (χ1n) is 8.76. The molecule has 7 heteroatoms. The Labute approximate surface area is 163 Å². The van der Waals surface area contributed by atoms with E-state index in [0.29, 0.717) is 16.8 Å². The number of anilines is 1. The Kier molecular flexibility index (Phi) is 7.03. The van der Waals surface area contributed by atoms with Crippen molar-refractivity contribution in [1.82, 2.24) is 5.32 Å². The summed E-state index contributed by atoms with van der Waals surface area (Å²) in [5.74, 6) is -1.82. The summed E-state index contributed by atoms with van der Waals surface area (Å²) in [6.45, 7) is 4.33. The van der Waals surface area contributed by atoms with Crippen molar-refractivity contribution < 1.29 is 23.9 Å². The number of benzene rings is 2. The van der Waals surface area contributed by atoms with Crippen molar-refractivity contribution in [2.24, 2.45) is 0 Å². The third-order valence-corrected chi connectivity index (χ3v) is 3.94. The Morgan fingerprint density at radius 3 is 2.18 bits per heavy atom. The lowest BCUT2D eigenvalue weighted by molar-refractivity contribution is -0.154. The number of carbonyl (C=O) groups excluding carboxylic acids is 4. The summed E-state index contributed by atoms with van der Waals surface area (Å²) in [5, 5.41) is 5.12. The van der Waals surface area contributed by atoms with Crippen LogP contribution in [0, 0.1) is 0 Å². The van der Waals surface area contributed by atoms with Gasteiger partial charge < -0.3 is 15.4 Å². The fourth-order valence-electron chi connectivity index (χ4n) is 2.32. The third-order valence-electron chi connectivity index (χ3n) is 3.94. The molecule has 0 bridgehead atoms. The van der Waals surface area contributed by atoms with E-state index in [1.165, 1.54) is 26.8 Å². The molecule has 2 N–H and O–H groups in total. The first-order valence-corrected chi connectivity index (χ1v) is 8.76. The van der Waals surface area contributed by atoms with Crippen molar-refractivity contribution in [3.8, 4) is 0 Å². The van der Waals surface area contributed by atoms with Gasteiger partial charge in [-0.15, -0.1) is 0 Å². The van der Waals surface area contributed by atoms with E-state index in [1.807, 2.05) is 0 Å². The molecular formula is C21H22N2O5. The summed E-state index contributed by atoms with van der Waals surface area (Å²) in [7, 11) is 0. The van der Waals surface area contributed by atoms with Crippen LogP contribution in [0.2, 0.25) is 0 Å². The molecule has 0 aliphatic rings. The fourth-order valence-corrected chi connectivity index (χ4v) is 2.32. The van der Waals surface area contributed by atoms with Crippen molar-refractivity contribution in [3.63, 3.8) is 0 Å². The number of esters is 1. The zero-order valence-electron chi connectivity index (χ0n) is 15.9. The molecule has 2 aromatic carbocycles. The van der Waals surface area contributed by atoms with Crippen molar-refractivity contribution >= 4 is 29.3 Å². The molecule has 0 heterocycles. The van der Waals surface area contributed by atoms with E-state index in [4.69, 9.17) is 4.74 Å². The zero-order chi connectivity index (χ0) is 20.7. The molecule has 0 saturated heterocycles. The number of nitrogens with one attached hydrogen (secondary N) is 2. The predicted octanol–water partition coefficient (Wildman–Crippen LogP) is 2.58. The summed E-state index contributed by atoms with van der Waals surface area (Å²) in [4.78, 5) is 47.9. The van der Waals surface area contributed by atoms with E-state index in [-0.39, 0.29) is 5.78 Å². The molecule has 0 aliphatic carbocycles. The van der Waals surface area contributed by atoms with Crippen LogP contribution in [0.5, 0.6) is 0 Å². The Bertz CT molecular complexity index is 879. The highest BCUT2D eigenvalue weighted by molar-refractivity contribution is 5.99. The minimum atomic E-state index is -1.08. The third kappa shape index (κ3) is 5.77. The average Bonchev–Trinajstić information content (AvgIpc) is 2.68. The summed E-state index contributed by atoms with van der Waals surface area (Å²) >= 11 is 0. The lowest BCUT2D eigenvalue weighted by Gasteiger charge is -2.17. The lowest BCUT2D eigenvalue weighted by Crippen LogP contribution is -2.42. The van der Waals surface area contributed by atoms with Gasteiger partial charge in [0.2, 0.25) is 0 Å². The largest absolute Gasteiger partial charge is 0.451 e. The van der Waals surface area contributed by atoms with Crippen LogP contribution in [0.3, 0.4) is 0 Å². The van der Waals surface area contributed by atoms with Crippen molar-refractivity contribution in [2.45, 2.75) is 32.9 Å². The Morgan fingerprint density at radius 1 is 0.893 bits per heavy atom. The standard InChI is InChI=1S/C21H22N2O5/c1-13(22-20(26)16-8-5-4-6-9-16)21(27)28-15(3)19(25)23-18-11-7-10-17(12-18)14(2)24/h4-13,15H,1-3H3,(H,22,26)(H,23,25)/t13-,15-/m0/s1. The highest BCUT2D eigenvalue weighted by Gasteiger charge is 2.23. The second-order valence-electron chi connectivity index (χ2n) is 6.27. The van der Waals surface area contributed by atoms with Gasteiger partial charge in [0.25, 0.3) is 11.8 Å². The molecule has 0 saturated carbocycles. The van der Waals surface area contributed by atoms with Crippen LogP contribution >= 0.6 is 0 Å². The predicted molar refractivity (Wildman–Crippen MR) is 104 cm³/mol. The molecule has 0 spiro atoms. The van der Waals surface area contributed by atoms with Crippen LogP contribution in [-0.4, -0.2) is 35.7 Å². The molecule has 28 heavy (non-hydrogen) atoms. The number of hydrogen-bond acceptors (Lipinski definition) is 5. The van der Waals surface area contributed by atoms with Gasteiger partial charge in [0.1, 0.15) is 6.04 Å². The number of amides is 2. The number of ketones is 1. The quantitative estimate of drug-likeness (QED) is 0.566. The number of rotatable bonds is 7. The van der Waals surface area contributed by atoms with Gasteiger partial charge in [0, 0.05) is 16.8 Å². The van der Waals surface area contributed by atoms with E-state index in [9.17, 15) is 19.2 Å². The van der Waals surface area contributed by atoms with Crippen LogP contribution in [0.1, 0.15) is 41.5 Å². The van der Waals surface area contributed by atoms with Crippen LogP contribution < -0.4 is 10.6 Å². The number of hydrogen-bond donors (Lipinski definition) is 2. The van der Waals surface area contributed by atoms with Crippen molar-refractivity contribution in [3.05, 3.63) is 65.7 Å². The van der Waals surface area contributed by atoms with Crippen molar-refractivity contribution in [1.29, 1.82) is 0 Å². The van der Waals surface area contributed by atoms with Crippen LogP contribution in [0.15, 0.2) is 54.6 Å². The molecule has 0 fully saturated rings. The fraction of sp³-hybridized carbons (Fsp3) is 0.238. The first-order chi connectivity index (χ1) is 13.3. The van der Waals surface area contributed by atoms with Crippen LogP contribution in [-0.2, 0) is 14.3 Å². The second-order valence-corrected chi connectivity index (χ2v) is 6.27. The van der Waals surface area contributed by atoms with Gasteiger partial charge in [0.15, 0.2) is 11.9 Å². The first kappa shape index (κ1) is 20.8. The zero-order valence-corrected chi connectivity index (χ0v) is 15.9. The summed E-state index contributed by atoms with van der Waals surface area (Å²) < 4.78 is 5.13. The average molecular weight is 382 g/mol. The number of ether oxygens (including phenoxy) is 1. The molecule has 2 atom stereocenters. The van der Waals surface area contributed by atoms with Gasteiger partial charge in [-0.2, -0.15) is 0 Å². The Hall–Kier alpha value is -3.48. The summed E-state index contributed by atoms with van der Waals surface area (Å²) in [6.07, 6.45) is -1.08.